The molecule has 1 rings (SSSR count). The van der Waals surface area contributed by atoms with Crippen LogP contribution in [-0.2, 0) is 9.53 Å². The molecule has 0 amide bonds. The van der Waals surface area contributed by atoms with E-state index in [1.807, 2.05) is 0 Å². The minimum Gasteiger partial charge on any atom is -0.485 e. The fourth-order valence-corrected chi connectivity index (χ4v) is 0.868. The lowest BCUT2D eigenvalue weighted by Crippen LogP contribution is -2.14. The van der Waals surface area contributed by atoms with Gasteiger partial charge < -0.3 is 10.1 Å². The van der Waals surface area contributed by atoms with Gasteiger partial charge in [-0.2, -0.15) is 0 Å². The maximum Gasteiger partial charge on any atom is 0.167 e. The summed E-state index contributed by atoms with van der Waals surface area (Å²) in [5.41, 5.74) is 0. The van der Waals surface area contributed by atoms with Crippen molar-refractivity contribution < 1.29 is 9.53 Å². The Balaban J connectivity index is 2.18. The predicted molar refractivity (Wildman–Crippen MR) is 32.6 cm³/mol. The van der Waals surface area contributed by atoms with Gasteiger partial charge in [0.2, 0.25) is 0 Å². The number of carbonyl (C=O) groups excluding carboxylic acids is 1. The quantitative estimate of drug-likeness (QED) is 0.409. The number of ether oxygens (including phenoxy) is 1. The SMILES string of the molecule is O=C=COC1CCNC1. The Labute approximate surface area is 53.7 Å². The Bertz CT molecular complexity index is 123. The first-order valence-electron chi connectivity index (χ1n) is 2.99. The summed E-state index contributed by atoms with van der Waals surface area (Å²) in [4.78, 5) is 9.64. The van der Waals surface area contributed by atoms with Crippen LogP contribution in [0.15, 0.2) is 6.26 Å². The van der Waals surface area contributed by atoms with Crippen LogP contribution >= 0.6 is 0 Å². The Kier molecular flexibility index (Phi) is 2.31. The van der Waals surface area contributed by atoms with Crippen LogP contribution in [0.3, 0.4) is 0 Å². The first kappa shape index (κ1) is 6.33. The van der Waals surface area contributed by atoms with Crippen molar-refractivity contribution in [1.29, 1.82) is 0 Å². The highest BCUT2D eigenvalue weighted by Crippen LogP contribution is 2.01. The first-order valence-corrected chi connectivity index (χ1v) is 2.99. The molecule has 1 aliphatic rings. The van der Waals surface area contributed by atoms with Crippen LogP contribution in [0.1, 0.15) is 6.42 Å². The number of rotatable bonds is 2. The van der Waals surface area contributed by atoms with Crippen LogP contribution in [0, 0.1) is 0 Å². The maximum atomic E-state index is 9.64. The third-order valence-corrected chi connectivity index (χ3v) is 1.32. The maximum absolute atomic E-state index is 9.64. The minimum atomic E-state index is 0.187. The molecular weight excluding hydrogens is 118 g/mol. The van der Waals surface area contributed by atoms with Gasteiger partial charge >= 0.3 is 0 Å². The molecule has 50 valence electrons. The fraction of sp³-hybridized carbons (Fsp3) is 0.667. The summed E-state index contributed by atoms with van der Waals surface area (Å²) in [5.74, 6) is 1.57. The van der Waals surface area contributed by atoms with E-state index in [-0.39, 0.29) is 6.10 Å². The van der Waals surface area contributed by atoms with Crippen LogP contribution in [0.5, 0.6) is 0 Å². The second-order valence-corrected chi connectivity index (χ2v) is 1.99. The molecule has 1 unspecified atom stereocenters. The third-order valence-electron chi connectivity index (χ3n) is 1.32. The van der Waals surface area contributed by atoms with E-state index in [1.54, 1.807) is 5.94 Å². The van der Waals surface area contributed by atoms with Gasteiger partial charge in [-0.25, -0.2) is 4.79 Å². The summed E-state index contributed by atoms with van der Waals surface area (Å²) in [7, 11) is 0. The van der Waals surface area contributed by atoms with Gasteiger partial charge in [0.05, 0.1) is 0 Å². The van der Waals surface area contributed by atoms with Crippen LogP contribution < -0.4 is 5.32 Å². The lowest BCUT2D eigenvalue weighted by atomic mass is 10.3. The lowest BCUT2D eigenvalue weighted by molar-refractivity contribution is 0.165. The summed E-state index contributed by atoms with van der Waals surface area (Å²) in [6, 6.07) is 0. The molecular formula is C6H9NO2. The molecule has 0 radical (unpaired) electrons. The van der Waals surface area contributed by atoms with E-state index >= 15 is 0 Å². The largest absolute Gasteiger partial charge is 0.485 e. The topological polar surface area (TPSA) is 38.3 Å². The molecule has 3 nitrogen and oxygen atoms in total. The molecule has 1 aliphatic heterocycles. The zero-order chi connectivity index (χ0) is 6.53. The van der Waals surface area contributed by atoms with Crippen LogP contribution in [0.25, 0.3) is 0 Å². The van der Waals surface area contributed by atoms with E-state index in [1.165, 1.54) is 0 Å². The Morgan fingerprint density at radius 2 is 2.67 bits per heavy atom. The highest BCUT2D eigenvalue weighted by molar-refractivity contribution is 5.42. The molecule has 0 spiro atoms. The molecule has 1 atom stereocenters. The van der Waals surface area contributed by atoms with Gasteiger partial charge in [0, 0.05) is 6.54 Å². The molecule has 0 aromatic rings. The summed E-state index contributed by atoms with van der Waals surface area (Å²) in [6.45, 7) is 1.83. The van der Waals surface area contributed by atoms with E-state index in [0.717, 1.165) is 25.8 Å². The Morgan fingerprint density at radius 3 is 3.22 bits per heavy atom. The molecule has 3 heteroatoms. The summed E-state index contributed by atoms with van der Waals surface area (Å²) >= 11 is 0. The molecule has 1 saturated heterocycles. The highest BCUT2D eigenvalue weighted by Gasteiger charge is 2.13. The summed E-state index contributed by atoms with van der Waals surface area (Å²) in [6.07, 6.45) is 2.25. The molecule has 0 bridgehead atoms. The first-order chi connectivity index (χ1) is 4.43. The second-order valence-electron chi connectivity index (χ2n) is 1.99. The van der Waals surface area contributed by atoms with E-state index < -0.39 is 0 Å². The minimum absolute atomic E-state index is 0.187. The molecule has 0 aromatic carbocycles. The monoisotopic (exact) mass is 127 g/mol. The summed E-state index contributed by atoms with van der Waals surface area (Å²) < 4.78 is 4.94. The molecule has 0 aromatic heterocycles. The molecule has 9 heavy (non-hydrogen) atoms. The number of hydrogen-bond acceptors (Lipinski definition) is 3. The van der Waals surface area contributed by atoms with Crippen molar-refractivity contribution in [3.63, 3.8) is 0 Å². The van der Waals surface area contributed by atoms with Crippen LogP contribution in [0.2, 0.25) is 0 Å². The average Bonchev–Trinajstić information content (AvgIpc) is 2.34. The van der Waals surface area contributed by atoms with E-state index in [2.05, 4.69) is 5.32 Å². The molecule has 0 aliphatic carbocycles. The van der Waals surface area contributed by atoms with Gasteiger partial charge in [-0.1, -0.05) is 0 Å². The van der Waals surface area contributed by atoms with Crippen molar-refractivity contribution >= 4 is 5.94 Å². The number of hydrogen-bond donors (Lipinski definition) is 1. The van der Waals surface area contributed by atoms with Crippen molar-refractivity contribution in [1.82, 2.24) is 5.32 Å². The smallest absolute Gasteiger partial charge is 0.167 e. The van der Waals surface area contributed by atoms with Crippen molar-refractivity contribution in [2.24, 2.45) is 0 Å². The van der Waals surface area contributed by atoms with Gasteiger partial charge in [0.25, 0.3) is 0 Å². The Hall–Kier alpha value is -0.790. The van der Waals surface area contributed by atoms with Gasteiger partial charge in [-0.3, -0.25) is 0 Å². The van der Waals surface area contributed by atoms with Crippen molar-refractivity contribution in [3.05, 3.63) is 6.26 Å². The fourth-order valence-electron chi connectivity index (χ4n) is 0.868. The molecule has 1 N–H and O–H groups in total. The lowest BCUT2D eigenvalue weighted by Gasteiger charge is -2.03. The normalized spacial score (nSPS) is 25.1. The van der Waals surface area contributed by atoms with E-state index in [9.17, 15) is 4.79 Å². The van der Waals surface area contributed by atoms with E-state index in [0.29, 0.717) is 0 Å². The molecule has 1 fully saturated rings. The zero-order valence-electron chi connectivity index (χ0n) is 5.09. The van der Waals surface area contributed by atoms with Crippen LogP contribution in [-0.4, -0.2) is 25.1 Å². The van der Waals surface area contributed by atoms with Crippen molar-refractivity contribution in [3.8, 4) is 0 Å². The van der Waals surface area contributed by atoms with Gasteiger partial charge in [-0.15, -0.1) is 0 Å². The highest BCUT2D eigenvalue weighted by atomic mass is 16.5. The molecule has 1 heterocycles. The molecule has 0 saturated carbocycles. The van der Waals surface area contributed by atoms with Gasteiger partial charge in [0.1, 0.15) is 6.10 Å². The van der Waals surface area contributed by atoms with Crippen molar-refractivity contribution in [2.45, 2.75) is 12.5 Å². The van der Waals surface area contributed by atoms with E-state index in [4.69, 9.17) is 4.74 Å². The third kappa shape index (κ3) is 1.88. The van der Waals surface area contributed by atoms with Gasteiger partial charge in [-0.05, 0) is 13.0 Å². The van der Waals surface area contributed by atoms with Crippen LogP contribution in [0.4, 0.5) is 0 Å². The average molecular weight is 127 g/mol. The Morgan fingerprint density at radius 1 is 1.78 bits per heavy atom. The van der Waals surface area contributed by atoms with Crippen molar-refractivity contribution in [2.75, 3.05) is 13.1 Å². The second kappa shape index (κ2) is 3.28. The standard InChI is InChI=1S/C6H9NO2/c8-3-4-9-6-1-2-7-5-6/h4,6-7H,1-2,5H2. The number of nitrogens with one attached hydrogen (secondary N) is 1. The van der Waals surface area contributed by atoms with Gasteiger partial charge in [0.15, 0.2) is 12.2 Å². The zero-order valence-corrected chi connectivity index (χ0v) is 5.09. The predicted octanol–water partition coefficient (Wildman–Crippen LogP) is -0.290. The summed E-state index contributed by atoms with van der Waals surface area (Å²) in [5, 5.41) is 3.11.